The van der Waals surface area contributed by atoms with Gasteiger partial charge in [0, 0.05) is 19.8 Å². The maximum atomic E-state index is 6.81. The van der Waals surface area contributed by atoms with Gasteiger partial charge in [-0.2, -0.15) is 0 Å². The fraction of sp³-hybridized carbons (Fsp3) is 0.727. The predicted molar refractivity (Wildman–Crippen MR) is 111 cm³/mol. The highest BCUT2D eigenvalue weighted by Gasteiger charge is 2.44. The van der Waals surface area contributed by atoms with Crippen molar-refractivity contribution in [3.63, 3.8) is 0 Å². The first-order valence-electron chi connectivity index (χ1n) is 9.99. The van der Waals surface area contributed by atoms with Crippen molar-refractivity contribution in [1.29, 1.82) is 0 Å². The lowest BCUT2D eigenvalue weighted by atomic mass is 10.1. The summed E-state index contributed by atoms with van der Waals surface area (Å²) in [5, 5.41) is 0. The normalized spacial score (nSPS) is 15.7. The van der Waals surface area contributed by atoms with Gasteiger partial charge >= 0.3 is 8.32 Å². The van der Waals surface area contributed by atoms with Gasteiger partial charge in [0.05, 0.1) is 6.10 Å². The average Bonchev–Trinajstić information content (AvgIpc) is 3.17. The van der Waals surface area contributed by atoms with Crippen molar-refractivity contribution < 1.29 is 13.9 Å². The molecule has 1 aliphatic carbocycles. The molecule has 0 saturated heterocycles. The summed E-state index contributed by atoms with van der Waals surface area (Å²) in [4.78, 5) is 0. The molecule has 26 heavy (non-hydrogen) atoms. The van der Waals surface area contributed by atoms with Gasteiger partial charge in [-0.05, 0) is 25.7 Å². The van der Waals surface area contributed by atoms with Crippen LogP contribution < -0.4 is 0 Å². The molecule has 0 radical (unpaired) electrons. The summed E-state index contributed by atoms with van der Waals surface area (Å²) in [5.41, 5.74) is 7.47. The third-order valence-electron chi connectivity index (χ3n) is 4.82. The molecule has 0 heterocycles. The Hall–Kier alpha value is -1.04. The molecule has 146 valence electrons. The topological polar surface area (TPSA) is 27.7 Å². The summed E-state index contributed by atoms with van der Waals surface area (Å²) in [5.74, 6) is 6.38. The smallest absolute Gasteiger partial charge is 0.357 e. The van der Waals surface area contributed by atoms with Crippen molar-refractivity contribution in [2.24, 2.45) is 0 Å². The largest absolute Gasteiger partial charge is 0.393 e. The molecule has 0 aromatic rings. The summed E-state index contributed by atoms with van der Waals surface area (Å²) < 4.78 is 17.1. The molecule has 0 bridgehead atoms. The van der Waals surface area contributed by atoms with E-state index >= 15 is 0 Å². The van der Waals surface area contributed by atoms with E-state index in [0.29, 0.717) is 18.8 Å². The minimum atomic E-state index is -2.53. The van der Waals surface area contributed by atoms with Crippen molar-refractivity contribution in [2.45, 2.75) is 76.4 Å². The second-order valence-electron chi connectivity index (χ2n) is 6.95. The van der Waals surface area contributed by atoms with Crippen LogP contribution in [0.5, 0.6) is 0 Å². The van der Waals surface area contributed by atoms with Gasteiger partial charge in [0.1, 0.15) is 13.2 Å². The van der Waals surface area contributed by atoms with Gasteiger partial charge in [0.25, 0.3) is 0 Å². The Bertz CT molecular complexity index is 479. The molecule has 1 saturated carbocycles. The summed E-state index contributed by atoms with van der Waals surface area (Å²) in [7, 11) is 0.826. The minimum Gasteiger partial charge on any atom is -0.393 e. The van der Waals surface area contributed by atoms with Gasteiger partial charge < -0.3 is 13.9 Å². The van der Waals surface area contributed by atoms with E-state index in [-0.39, 0.29) is 6.10 Å². The number of ether oxygens (including phenoxy) is 2. The minimum absolute atomic E-state index is 0.167. The van der Waals surface area contributed by atoms with E-state index < -0.39 is 8.32 Å². The quantitative estimate of drug-likeness (QED) is 0.224. The average molecular weight is 377 g/mol. The van der Waals surface area contributed by atoms with Crippen LogP contribution in [0, 0.1) is 22.9 Å². The van der Waals surface area contributed by atoms with E-state index in [4.69, 9.17) is 13.9 Å². The Labute approximate surface area is 162 Å². The zero-order chi connectivity index (χ0) is 19.1. The van der Waals surface area contributed by atoms with Crippen LogP contribution in [-0.4, -0.2) is 41.9 Å². The first-order valence-corrected chi connectivity index (χ1v) is 12.0. The maximum Gasteiger partial charge on any atom is 0.357 e. The summed E-state index contributed by atoms with van der Waals surface area (Å²) in [6, 6.07) is 0. The van der Waals surface area contributed by atoms with Gasteiger partial charge in [0.2, 0.25) is 0 Å². The maximum absolute atomic E-state index is 6.81. The lowest BCUT2D eigenvalue weighted by Gasteiger charge is -2.31. The molecular formula is C22H36O3Si. The second kappa shape index (κ2) is 14.1. The number of methoxy groups -OCH3 is 2. The van der Waals surface area contributed by atoms with Crippen LogP contribution in [0.4, 0.5) is 0 Å². The number of hydrogen-bond acceptors (Lipinski definition) is 3. The highest BCUT2D eigenvalue weighted by molar-refractivity contribution is 6.90. The van der Waals surface area contributed by atoms with Gasteiger partial charge in [-0.15, -0.1) is 6.58 Å². The molecule has 0 N–H and O–H groups in total. The molecule has 1 atom stereocenters. The monoisotopic (exact) mass is 376 g/mol. The van der Waals surface area contributed by atoms with Gasteiger partial charge in [-0.3, -0.25) is 0 Å². The third kappa shape index (κ3) is 8.10. The molecule has 1 unspecified atom stereocenters. The molecule has 0 amide bonds. The third-order valence-corrected chi connectivity index (χ3v) is 8.35. The summed E-state index contributed by atoms with van der Waals surface area (Å²) in [6.45, 7) is 7.02. The second-order valence-corrected chi connectivity index (χ2v) is 9.97. The Morgan fingerprint density at radius 2 is 1.69 bits per heavy atom. The first kappa shape index (κ1) is 23.0. The fourth-order valence-electron chi connectivity index (χ4n) is 3.50. The zero-order valence-electron chi connectivity index (χ0n) is 16.9. The Morgan fingerprint density at radius 3 is 2.19 bits per heavy atom. The molecule has 1 fully saturated rings. The highest BCUT2D eigenvalue weighted by atomic mass is 28.4. The van der Waals surface area contributed by atoms with Crippen LogP contribution in [0.1, 0.15) is 64.7 Å². The molecular weight excluding hydrogens is 340 g/mol. The predicted octanol–water partition coefficient (Wildman–Crippen LogP) is 4.80. The summed E-state index contributed by atoms with van der Waals surface area (Å²) >= 11 is 0. The standard InChI is InChI=1S/C22H36O3Si/c1-5-7-8-14-21(13-6-2)25-26(19-11-17-23-3,20-12-18-24-4)22-15-9-10-16-22/h6,21-22H,2,5,7-10,13-18H2,1,3-4H3. The highest BCUT2D eigenvalue weighted by Crippen LogP contribution is 2.39. The van der Waals surface area contributed by atoms with Crippen LogP contribution in [0.25, 0.3) is 0 Å². The van der Waals surface area contributed by atoms with Crippen LogP contribution in [-0.2, 0) is 13.9 Å². The van der Waals surface area contributed by atoms with Crippen molar-refractivity contribution in [1.82, 2.24) is 0 Å². The van der Waals surface area contributed by atoms with Crippen LogP contribution in [0.2, 0.25) is 5.54 Å². The Balaban J connectivity index is 3.09. The lowest BCUT2D eigenvalue weighted by Crippen LogP contribution is -2.44. The van der Waals surface area contributed by atoms with Crippen molar-refractivity contribution in [2.75, 3.05) is 27.4 Å². The Morgan fingerprint density at radius 1 is 1.08 bits per heavy atom. The number of unbranched alkanes of at least 4 members (excludes halogenated alkanes) is 2. The number of hydrogen-bond donors (Lipinski definition) is 0. The van der Waals surface area contributed by atoms with E-state index in [1.807, 2.05) is 6.08 Å². The van der Waals surface area contributed by atoms with E-state index in [1.165, 1.54) is 44.9 Å². The van der Waals surface area contributed by atoms with E-state index in [1.54, 1.807) is 14.2 Å². The first-order chi connectivity index (χ1) is 12.7. The molecule has 3 nitrogen and oxygen atoms in total. The molecule has 0 aromatic carbocycles. The van der Waals surface area contributed by atoms with Crippen molar-refractivity contribution in [3.8, 4) is 22.9 Å². The van der Waals surface area contributed by atoms with Crippen LogP contribution in [0.3, 0.4) is 0 Å². The summed E-state index contributed by atoms with van der Waals surface area (Å²) in [6.07, 6.45) is 12.5. The van der Waals surface area contributed by atoms with E-state index in [2.05, 4.69) is 36.4 Å². The van der Waals surface area contributed by atoms with Crippen LogP contribution >= 0.6 is 0 Å². The number of rotatable bonds is 11. The van der Waals surface area contributed by atoms with Crippen molar-refractivity contribution in [3.05, 3.63) is 12.7 Å². The molecule has 0 aliphatic heterocycles. The van der Waals surface area contributed by atoms with Gasteiger partial charge in [-0.25, -0.2) is 0 Å². The van der Waals surface area contributed by atoms with Gasteiger partial charge in [0.15, 0.2) is 0 Å². The Kier molecular flexibility index (Phi) is 12.4. The molecule has 1 aliphatic rings. The fourth-order valence-corrected chi connectivity index (χ4v) is 6.91. The SMILES string of the molecule is C=CCC(CCCCC)O[Si](C#CCOC)(C#CCOC)C1CCCC1. The van der Waals surface area contributed by atoms with E-state index in [0.717, 1.165) is 12.8 Å². The molecule has 4 heteroatoms. The van der Waals surface area contributed by atoms with Crippen LogP contribution in [0.15, 0.2) is 12.7 Å². The van der Waals surface area contributed by atoms with Crippen molar-refractivity contribution >= 4 is 8.32 Å². The zero-order valence-corrected chi connectivity index (χ0v) is 17.9. The molecule has 1 rings (SSSR count). The van der Waals surface area contributed by atoms with E-state index in [9.17, 15) is 0 Å². The van der Waals surface area contributed by atoms with Gasteiger partial charge in [-0.1, -0.05) is 68.0 Å². The lowest BCUT2D eigenvalue weighted by molar-refractivity contribution is 0.182. The molecule has 0 aromatic heterocycles. The molecule has 0 spiro atoms.